The van der Waals surface area contributed by atoms with Gasteiger partial charge in [-0.15, -0.1) is 0 Å². The van der Waals surface area contributed by atoms with Crippen LogP contribution in [0.25, 0.3) is 0 Å². The van der Waals surface area contributed by atoms with Gasteiger partial charge in [-0.2, -0.15) is 0 Å². The molecule has 2 heterocycles. The molecule has 26 heavy (non-hydrogen) atoms. The highest BCUT2D eigenvalue weighted by Crippen LogP contribution is 2.45. The highest BCUT2D eigenvalue weighted by Gasteiger charge is 2.45. The summed E-state index contributed by atoms with van der Waals surface area (Å²) in [7, 11) is 0. The zero-order chi connectivity index (χ0) is 18.7. The summed E-state index contributed by atoms with van der Waals surface area (Å²) in [5.74, 6) is 0.235. The third-order valence-electron chi connectivity index (χ3n) is 6.49. The number of rotatable bonds is 4. The maximum Gasteiger partial charge on any atom is 0.253 e. The van der Waals surface area contributed by atoms with Crippen LogP contribution in [0.2, 0.25) is 5.02 Å². The molecule has 2 aliphatic rings. The van der Waals surface area contributed by atoms with Gasteiger partial charge in [0, 0.05) is 36.2 Å². The van der Waals surface area contributed by atoms with Crippen LogP contribution in [0.1, 0.15) is 48.5 Å². The number of benzene rings is 1. The van der Waals surface area contributed by atoms with Crippen molar-refractivity contribution in [3.63, 3.8) is 0 Å². The Morgan fingerprint density at radius 2 is 1.96 bits per heavy atom. The van der Waals surface area contributed by atoms with E-state index in [2.05, 4.69) is 11.8 Å². The van der Waals surface area contributed by atoms with Crippen molar-refractivity contribution in [2.75, 3.05) is 39.3 Å². The fourth-order valence-electron chi connectivity index (χ4n) is 4.71. The van der Waals surface area contributed by atoms with Crippen LogP contribution in [-0.2, 0) is 0 Å². The minimum absolute atomic E-state index is 0.0569. The summed E-state index contributed by atoms with van der Waals surface area (Å²) in [4.78, 5) is 17.4. The lowest BCUT2D eigenvalue weighted by atomic mass is 9.64. The quantitative estimate of drug-likeness (QED) is 0.870. The van der Waals surface area contributed by atoms with Crippen LogP contribution >= 0.6 is 11.6 Å². The maximum absolute atomic E-state index is 12.9. The number of hydrogen-bond donors (Lipinski definition) is 1. The van der Waals surface area contributed by atoms with Crippen molar-refractivity contribution in [2.45, 2.75) is 39.5 Å². The number of carbonyl (C=O) groups is 1. The fraction of sp³-hybridized carbons (Fsp3) is 0.667. The van der Waals surface area contributed by atoms with Crippen molar-refractivity contribution >= 4 is 17.5 Å². The first-order valence-electron chi connectivity index (χ1n) is 9.88. The number of aryl methyl sites for hydroxylation is 1. The Balaban J connectivity index is 1.68. The SMILES string of the molecule is CCCN1CCC2(CC1)CCN(C(=O)c1ccc(Cl)c(C)c1)C[C@H]2CO. The lowest BCUT2D eigenvalue weighted by Gasteiger charge is -2.51. The van der Waals surface area contributed by atoms with E-state index in [9.17, 15) is 9.90 Å². The number of nitrogens with zero attached hydrogens (tertiary/aromatic N) is 2. The monoisotopic (exact) mass is 378 g/mol. The van der Waals surface area contributed by atoms with Gasteiger partial charge in [-0.25, -0.2) is 0 Å². The van der Waals surface area contributed by atoms with Crippen molar-refractivity contribution in [1.82, 2.24) is 9.80 Å². The predicted octanol–water partition coefficient (Wildman–Crippen LogP) is 3.60. The van der Waals surface area contributed by atoms with E-state index in [4.69, 9.17) is 11.6 Å². The molecule has 2 aliphatic heterocycles. The molecule has 1 amide bonds. The molecule has 5 heteroatoms. The summed E-state index contributed by atoms with van der Waals surface area (Å²) in [5, 5.41) is 10.7. The molecule has 4 nitrogen and oxygen atoms in total. The second-order valence-electron chi connectivity index (χ2n) is 8.05. The normalized spacial score (nSPS) is 23.4. The highest BCUT2D eigenvalue weighted by molar-refractivity contribution is 6.31. The molecule has 1 N–H and O–H groups in total. The van der Waals surface area contributed by atoms with Gasteiger partial charge < -0.3 is 14.9 Å². The summed E-state index contributed by atoms with van der Waals surface area (Å²) in [5.41, 5.74) is 1.82. The van der Waals surface area contributed by atoms with Gasteiger partial charge in [0.05, 0.1) is 0 Å². The van der Waals surface area contributed by atoms with E-state index in [0.29, 0.717) is 17.1 Å². The van der Waals surface area contributed by atoms with Crippen molar-refractivity contribution in [1.29, 1.82) is 0 Å². The second-order valence-corrected chi connectivity index (χ2v) is 8.46. The molecule has 1 aromatic rings. The fourth-order valence-corrected chi connectivity index (χ4v) is 4.82. The topological polar surface area (TPSA) is 43.8 Å². The number of hydrogen-bond acceptors (Lipinski definition) is 3. The van der Waals surface area contributed by atoms with Gasteiger partial charge in [0.15, 0.2) is 0 Å². The number of halogens is 1. The van der Waals surface area contributed by atoms with E-state index < -0.39 is 0 Å². The lowest BCUT2D eigenvalue weighted by molar-refractivity contribution is -0.0351. The molecule has 1 aromatic carbocycles. The smallest absolute Gasteiger partial charge is 0.253 e. The zero-order valence-electron chi connectivity index (χ0n) is 16.0. The third kappa shape index (κ3) is 3.92. The number of aliphatic hydroxyl groups is 1. The highest BCUT2D eigenvalue weighted by atomic mass is 35.5. The van der Waals surface area contributed by atoms with Crippen LogP contribution in [0.4, 0.5) is 0 Å². The van der Waals surface area contributed by atoms with Crippen molar-refractivity contribution in [3.05, 3.63) is 34.3 Å². The minimum atomic E-state index is 0.0569. The van der Waals surface area contributed by atoms with Crippen LogP contribution in [0.15, 0.2) is 18.2 Å². The third-order valence-corrected chi connectivity index (χ3v) is 6.91. The molecule has 0 radical (unpaired) electrons. The first-order valence-corrected chi connectivity index (χ1v) is 10.3. The molecule has 144 valence electrons. The van der Waals surface area contributed by atoms with E-state index in [1.807, 2.05) is 17.9 Å². The molecular formula is C21H31ClN2O2. The van der Waals surface area contributed by atoms with Crippen LogP contribution in [-0.4, -0.2) is 60.1 Å². The van der Waals surface area contributed by atoms with E-state index in [0.717, 1.165) is 44.5 Å². The molecule has 0 aromatic heterocycles. The largest absolute Gasteiger partial charge is 0.396 e. The summed E-state index contributed by atoms with van der Waals surface area (Å²) < 4.78 is 0. The van der Waals surface area contributed by atoms with E-state index in [1.165, 1.54) is 13.0 Å². The Bertz CT molecular complexity index is 641. The molecule has 1 atom stereocenters. The van der Waals surface area contributed by atoms with E-state index in [1.54, 1.807) is 12.1 Å². The van der Waals surface area contributed by atoms with Crippen LogP contribution < -0.4 is 0 Å². The van der Waals surface area contributed by atoms with Crippen molar-refractivity contribution in [2.24, 2.45) is 11.3 Å². The second kappa shape index (κ2) is 8.28. The van der Waals surface area contributed by atoms with Gasteiger partial charge in [0.25, 0.3) is 5.91 Å². The lowest BCUT2D eigenvalue weighted by Crippen LogP contribution is -2.54. The van der Waals surface area contributed by atoms with Crippen LogP contribution in [0, 0.1) is 18.3 Å². The van der Waals surface area contributed by atoms with Gasteiger partial charge in [0.1, 0.15) is 0 Å². The van der Waals surface area contributed by atoms with Crippen molar-refractivity contribution < 1.29 is 9.90 Å². The average molecular weight is 379 g/mol. The molecule has 2 saturated heterocycles. The Morgan fingerprint density at radius 3 is 2.58 bits per heavy atom. The molecule has 0 aliphatic carbocycles. The molecule has 0 unspecified atom stereocenters. The number of aliphatic hydroxyl groups excluding tert-OH is 1. The molecular weight excluding hydrogens is 348 g/mol. The Kier molecular flexibility index (Phi) is 6.26. The van der Waals surface area contributed by atoms with E-state index >= 15 is 0 Å². The summed E-state index contributed by atoms with van der Waals surface area (Å²) in [6, 6.07) is 5.47. The first-order chi connectivity index (χ1) is 12.5. The van der Waals surface area contributed by atoms with Gasteiger partial charge >= 0.3 is 0 Å². The average Bonchev–Trinajstić information content (AvgIpc) is 2.66. The minimum Gasteiger partial charge on any atom is -0.396 e. The first kappa shape index (κ1) is 19.7. The van der Waals surface area contributed by atoms with Gasteiger partial charge in [-0.1, -0.05) is 18.5 Å². The molecule has 0 saturated carbocycles. The number of amides is 1. The molecule has 3 rings (SSSR count). The number of piperidine rings is 2. The van der Waals surface area contributed by atoms with Crippen LogP contribution in [0.5, 0.6) is 0 Å². The van der Waals surface area contributed by atoms with E-state index in [-0.39, 0.29) is 23.8 Å². The molecule has 1 spiro atoms. The molecule has 0 bridgehead atoms. The Morgan fingerprint density at radius 1 is 1.27 bits per heavy atom. The number of likely N-dealkylation sites (tertiary alicyclic amines) is 2. The predicted molar refractivity (Wildman–Crippen MR) is 106 cm³/mol. The van der Waals surface area contributed by atoms with Crippen molar-refractivity contribution in [3.8, 4) is 0 Å². The summed E-state index contributed by atoms with van der Waals surface area (Å²) in [6.45, 7) is 9.16. The standard InChI is InChI=1S/C21H31ClN2O2/c1-3-9-23-10-6-21(7-11-23)8-12-24(14-18(21)15-25)20(26)17-4-5-19(22)16(2)13-17/h4-5,13,18,25H,3,6-12,14-15H2,1-2H3/t18-/m0/s1. The van der Waals surface area contributed by atoms with Crippen LogP contribution in [0.3, 0.4) is 0 Å². The maximum atomic E-state index is 12.9. The van der Waals surface area contributed by atoms with Gasteiger partial charge in [-0.05, 0) is 81.4 Å². The zero-order valence-corrected chi connectivity index (χ0v) is 16.8. The Labute approximate surface area is 162 Å². The Hall–Kier alpha value is -1.10. The summed E-state index contributed by atoms with van der Waals surface area (Å²) >= 11 is 6.09. The van der Waals surface area contributed by atoms with Gasteiger partial charge in [-0.3, -0.25) is 4.79 Å². The summed E-state index contributed by atoms with van der Waals surface area (Å²) in [6.07, 6.45) is 4.47. The molecule has 2 fully saturated rings. The number of carbonyl (C=O) groups excluding carboxylic acids is 1. The van der Waals surface area contributed by atoms with Gasteiger partial charge in [0.2, 0.25) is 0 Å².